The minimum absolute atomic E-state index is 0.0248. The van der Waals surface area contributed by atoms with Gasteiger partial charge in [-0.05, 0) is 52.9 Å². The van der Waals surface area contributed by atoms with E-state index in [1.807, 2.05) is 23.6 Å². The number of ether oxygens (including phenoxy) is 3. The number of benzene rings is 1. The van der Waals surface area contributed by atoms with Crippen LogP contribution in [0, 0.1) is 0 Å². The van der Waals surface area contributed by atoms with Gasteiger partial charge < -0.3 is 19.5 Å². The molecule has 1 amide bonds. The van der Waals surface area contributed by atoms with E-state index in [9.17, 15) is 4.79 Å². The lowest BCUT2D eigenvalue weighted by Gasteiger charge is -2.12. The average Bonchev–Trinajstić information content (AvgIpc) is 3.31. The molecule has 128 valence electrons. The van der Waals surface area contributed by atoms with Gasteiger partial charge in [0, 0.05) is 19.2 Å². The molecule has 6 heteroatoms. The van der Waals surface area contributed by atoms with Crippen molar-refractivity contribution in [3.05, 3.63) is 35.0 Å². The molecule has 1 aliphatic rings. The summed E-state index contributed by atoms with van der Waals surface area (Å²) in [6.07, 6.45) is 2.20. The number of methoxy groups -OCH3 is 1. The third kappa shape index (κ3) is 4.49. The highest BCUT2D eigenvalue weighted by Crippen LogP contribution is 2.30. The van der Waals surface area contributed by atoms with Gasteiger partial charge in [-0.2, -0.15) is 11.3 Å². The summed E-state index contributed by atoms with van der Waals surface area (Å²) >= 11 is 1.63. The zero-order chi connectivity index (χ0) is 16.8. The van der Waals surface area contributed by atoms with Crippen LogP contribution in [0.25, 0.3) is 11.1 Å². The molecular weight excluding hydrogens is 326 g/mol. The van der Waals surface area contributed by atoms with E-state index in [1.54, 1.807) is 24.5 Å². The monoisotopic (exact) mass is 347 g/mol. The van der Waals surface area contributed by atoms with Gasteiger partial charge in [0.15, 0.2) is 6.61 Å². The second kappa shape index (κ2) is 8.17. The lowest BCUT2D eigenvalue weighted by atomic mass is 10.1. The Hall–Kier alpha value is -2.05. The summed E-state index contributed by atoms with van der Waals surface area (Å²) < 4.78 is 16.4. The quantitative estimate of drug-likeness (QED) is 0.836. The number of hydrogen-bond donors (Lipinski definition) is 1. The molecule has 1 N–H and O–H groups in total. The summed E-state index contributed by atoms with van der Waals surface area (Å²) in [6.45, 7) is 1.30. The molecule has 1 unspecified atom stereocenters. The van der Waals surface area contributed by atoms with Gasteiger partial charge in [-0.25, -0.2) is 0 Å². The van der Waals surface area contributed by atoms with Crippen LogP contribution in [0.5, 0.6) is 11.5 Å². The van der Waals surface area contributed by atoms with Gasteiger partial charge in [0.2, 0.25) is 0 Å². The smallest absolute Gasteiger partial charge is 0.258 e. The Labute approximate surface area is 145 Å². The van der Waals surface area contributed by atoms with Crippen molar-refractivity contribution in [3.8, 4) is 22.6 Å². The number of carbonyl (C=O) groups is 1. The lowest BCUT2D eigenvalue weighted by Crippen LogP contribution is -2.35. The van der Waals surface area contributed by atoms with Gasteiger partial charge in [-0.1, -0.05) is 0 Å². The molecule has 0 saturated carbocycles. The van der Waals surface area contributed by atoms with Crippen molar-refractivity contribution in [1.82, 2.24) is 5.32 Å². The van der Waals surface area contributed by atoms with Crippen molar-refractivity contribution in [3.63, 3.8) is 0 Å². The van der Waals surface area contributed by atoms with Crippen molar-refractivity contribution >= 4 is 17.2 Å². The fraction of sp³-hybridized carbons (Fsp3) is 0.389. The van der Waals surface area contributed by atoms with Crippen molar-refractivity contribution in [2.45, 2.75) is 18.9 Å². The molecule has 0 spiro atoms. The Morgan fingerprint density at radius 2 is 2.21 bits per heavy atom. The third-order valence-electron chi connectivity index (χ3n) is 3.89. The summed E-state index contributed by atoms with van der Waals surface area (Å²) in [4.78, 5) is 11.9. The highest BCUT2D eigenvalue weighted by Gasteiger charge is 2.16. The van der Waals surface area contributed by atoms with E-state index in [4.69, 9.17) is 14.2 Å². The van der Waals surface area contributed by atoms with Crippen LogP contribution in [0.2, 0.25) is 0 Å². The summed E-state index contributed by atoms with van der Waals surface area (Å²) in [5.41, 5.74) is 2.11. The standard InChI is InChI=1S/C18H21NO4S/c1-21-16-7-14(13-4-6-24-12-13)8-17(9-16)23-11-18(20)19-10-15-3-2-5-22-15/h4,6-9,12,15H,2-3,5,10-11H2,1H3,(H,19,20). The van der Waals surface area contributed by atoms with E-state index in [2.05, 4.69) is 10.7 Å². The van der Waals surface area contributed by atoms with Crippen LogP contribution in [-0.2, 0) is 9.53 Å². The van der Waals surface area contributed by atoms with Crippen molar-refractivity contribution < 1.29 is 19.0 Å². The van der Waals surface area contributed by atoms with Crippen LogP contribution in [-0.4, -0.2) is 38.9 Å². The van der Waals surface area contributed by atoms with Crippen molar-refractivity contribution in [1.29, 1.82) is 0 Å². The fourth-order valence-corrected chi connectivity index (χ4v) is 3.27. The Bertz CT molecular complexity index is 666. The van der Waals surface area contributed by atoms with Gasteiger partial charge in [0.25, 0.3) is 5.91 Å². The van der Waals surface area contributed by atoms with Crippen LogP contribution >= 0.6 is 11.3 Å². The first kappa shape index (κ1) is 16.8. The highest BCUT2D eigenvalue weighted by molar-refractivity contribution is 7.08. The van der Waals surface area contributed by atoms with Gasteiger partial charge in [-0.3, -0.25) is 4.79 Å². The Morgan fingerprint density at radius 3 is 2.92 bits per heavy atom. The zero-order valence-electron chi connectivity index (χ0n) is 13.6. The first-order valence-electron chi connectivity index (χ1n) is 7.97. The Kier molecular flexibility index (Phi) is 5.72. The fourth-order valence-electron chi connectivity index (χ4n) is 2.60. The van der Waals surface area contributed by atoms with E-state index < -0.39 is 0 Å². The topological polar surface area (TPSA) is 56.8 Å². The summed E-state index contributed by atoms with van der Waals surface area (Å²) in [6, 6.07) is 7.69. The molecule has 24 heavy (non-hydrogen) atoms. The van der Waals surface area contributed by atoms with E-state index >= 15 is 0 Å². The first-order valence-corrected chi connectivity index (χ1v) is 8.91. The molecule has 5 nitrogen and oxygen atoms in total. The Balaban J connectivity index is 1.57. The van der Waals surface area contributed by atoms with E-state index in [-0.39, 0.29) is 18.6 Å². The van der Waals surface area contributed by atoms with Crippen LogP contribution in [0.1, 0.15) is 12.8 Å². The third-order valence-corrected chi connectivity index (χ3v) is 4.57. The number of carbonyl (C=O) groups excluding carboxylic acids is 1. The maximum absolute atomic E-state index is 11.9. The van der Waals surface area contributed by atoms with Crippen LogP contribution in [0.3, 0.4) is 0 Å². The second-order valence-corrected chi connectivity index (χ2v) is 6.42. The zero-order valence-corrected chi connectivity index (χ0v) is 14.4. The number of thiophene rings is 1. The Morgan fingerprint density at radius 1 is 1.33 bits per heavy atom. The van der Waals surface area contributed by atoms with Crippen LogP contribution < -0.4 is 14.8 Å². The van der Waals surface area contributed by atoms with Crippen molar-refractivity contribution in [2.24, 2.45) is 0 Å². The maximum atomic E-state index is 11.9. The number of nitrogens with one attached hydrogen (secondary N) is 1. The van der Waals surface area contributed by atoms with E-state index in [0.717, 1.165) is 30.6 Å². The first-order chi connectivity index (χ1) is 11.7. The number of rotatable bonds is 7. The summed E-state index contributed by atoms with van der Waals surface area (Å²) in [5.74, 6) is 1.17. The SMILES string of the molecule is COc1cc(OCC(=O)NCC2CCCO2)cc(-c2ccsc2)c1. The van der Waals surface area contributed by atoms with Gasteiger partial charge in [0.05, 0.1) is 13.2 Å². The number of amides is 1. The highest BCUT2D eigenvalue weighted by atomic mass is 32.1. The molecule has 1 aromatic carbocycles. The van der Waals surface area contributed by atoms with Crippen molar-refractivity contribution in [2.75, 3.05) is 26.9 Å². The summed E-state index contributed by atoms with van der Waals surface area (Å²) in [7, 11) is 1.62. The van der Waals surface area contributed by atoms with Crippen LogP contribution in [0.4, 0.5) is 0 Å². The van der Waals surface area contributed by atoms with Gasteiger partial charge >= 0.3 is 0 Å². The molecule has 0 aliphatic carbocycles. The molecule has 2 aromatic rings. The molecule has 2 heterocycles. The minimum Gasteiger partial charge on any atom is -0.497 e. The maximum Gasteiger partial charge on any atom is 0.258 e. The molecule has 1 aliphatic heterocycles. The molecular formula is C18H21NO4S. The average molecular weight is 347 g/mol. The lowest BCUT2D eigenvalue weighted by molar-refractivity contribution is -0.123. The van der Waals surface area contributed by atoms with E-state index in [0.29, 0.717) is 18.0 Å². The minimum atomic E-state index is -0.148. The second-order valence-electron chi connectivity index (χ2n) is 5.64. The molecule has 0 radical (unpaired) electrons. The molecule has 0 bridgehead atoms. The molecule has 3 rings (SSSR count). The molecule has 1 atom stereocenters. The molecule has 1 aromatic heterocycles. The van der Waals surface area contributed by atoms with E-state index in [1.165, 1.54) is 0 Å². The molecule has 1 saturated heterocycles. The predicted molar refractivity (Wildman–Crippen MR) is 93.8 cm³/mol. The van der Waals surface area contributed by atoms with Crippen LogP contribution in [0.15, 0.2) is 35.0 Å². The number of hydrogen-bond acceptors (Lipinski definition) is 5. The van der Waals surface area contributed by atoms with Gasteiger partial charge in [0.1, 0.15) is 11.5 Å². The predicted octanol–water partition coefficient (Wildman–Crippen LogP) is 3.10. The largest absolute Gasteiger partial charge is 0.497 e. The normalized spacial score (nSPS) is 16.8. The summed E-state index contributed by atoms with van der Waals surface area (Å²) in [5, 5.41) is 6.93. The van der Waals surface area contributed by atoms with Gasteiger partial charge in [-0.15, -0.1) is 0 Å². The molecule has 1 fully saturated rings.